The molecule has 0 aromatic heterocycles. The van der Waals surface area contributed by atoms with Crippen LogP contribution >= 0.6 is 0 Å². The van der Waals surface area contributed by atoms with Gasteiger partial charge in [-0.15, -0.1) is 0 Å². The van der Waals surface area contributed by atoms with Crippen LogP contribution in [-0.2, 0) is 9.47 Å². The van der Waals surface area contributed by atoms with Gasteiger partial charge in [-0.25, -0.2) is 4.79 Å². The summed E-state index contributed by atoms with van der Waals surface area (Å²) in [5.41, 5.74) is 0. The molecule has 0 atom stereocenters. The molecule has 0 saturated carbocycles. The fourth-order valence-electron chi connectivity index (χ4n) is 0.428. The SMILES string of the molecule is CNC(=O)OC/C=C/COC. The summed E-state index contributed by atoms with van der Waals surface area (Å²) in [6.07, 6.45) is 3.08. The van der Waals surface area contributed by atoms with Crippen LogP contribution in [0.25, 0.3) is 0 Å². The third kappa shape index (κ3) is 6.86. The molecular weight excluding hydrogens is 146 g/mol. The second-order valence-electron chi connectivity index (χ2n) is 1.78. The van der Waals surface area contributed by atoms with Crippen LogP contribution in [0.2, 0.25) is 0 Å². The van der Waals surface area contributed by atoms with Gasteiger partial charge in [-0.2, -0.15) is 0 Å². The number of nitrogens with one attached hydrogen (secondary N) is 1. The Hall–Kier alpha value is -1.03. The Morgan fingerprint density at radius 3 is 2.64 bits per heavy atom. The molecule has 0 aliphatic rings. The molecule has 0 radical (unpaired) electrons. The summed E-state index contributed by atoms with van der Waals surface area (Å²) in [5.74, 6) is 0. The summed E-state index contributed by atoms with van der Waals surface area (Å²) in [7, 11) is 3.12. The van der Waals surface area contributed by atoms with Crippen LogP contribution in [0, 0.1) is 0 Å². The van der Waals surface area contributed by atoms with Crippen molar-refractivity contribution in [3.8, 4) is 0 Å². The molecule has 0 heterocycles. The summed E-state index contributed by atoms with van der Waals surface area (Å²) in [5, 5.41) is 2.33. The molecule has 0 saturated heterocycles. The Morgan fingerprint density at radius 1 is 1.45 bits per heavy atom. The third-order valence-electron chi connectivity index (χ3n) is 0.944. The molecule has 0 aromatic carbocycles. The average molecular weight is 159 g/mol. The lowest BCUT2D eigenvalue weighted by Gasteiger charge is -1.98. The van der Waals surface area contributed by atoms with Crippen LogP contribution in [0.15, 0.2) is 12.2 Å². The van der Waals surface area contributed by atoms with Crippen LogP contribution in [0.3, 0.4) is 0 Å². The predicted molar refractivity (Wildman–Crippen MR) is 41.4 cm³/mol. The number of carbonyl (C=O) groups excluding carboxylic acids is 1. The maximum absolute atomic E-state index is 10.4. The highest BCUT2D eigenvalue weighted by Crippen LogP contribution is 1.79. The van der Waals surface area contributed by atoms with Crippen molar-refractivity contribution in [3.63, 3.8) is 0 Å². The van der Waals surface area contributed by atoms with Gasteiger partial charge in [0.1, 0.15) is 6.61 Å². The fraction of sp³-hybridized carbons (Fsp3) is 0.571. The molecule has 0 aliphatic carbocycles. The molecular formula is C7H13NO3. The predicted octanol–water partition coefficient (Wildman–Crippen LogP) is 0.545. The Morgan fingerprint density at radius 2 is 2.09 bits per heavy atom. The topological polar surface area (TPSA) is 47.6 Å². The Balaban J connectivity index is 3.19. The molecule has 0 rings (SSSR count). The van der Waals surface area contributed by atoms with E-state index >= 15 is 0 Å². The average Bonchev–Trinajstić information content (AvgIpc) is 2.04. The zero-order valence-electron chi connectivity index (χ0n) is 6.79. The van der Waals surface area contributed by atoms with Crippen LogP contribution < -0.4 is 5.32 Å². The van der Waals surface area contributed by atoms with Gasteiger partial charge in [0, 0.05) is 14.2 Å². The Kier molecular flexibility index (Phi) is 6.42. The second-order valence-corrected chi connectivity index (χ2v) is 1.78. The highest BCUT2D eigenvalue weighted by Gasteiger charge is 1.91. The number of hydrogen-bond acceptors (Lipinski definition) is 3. The Bertz CT molecular complexity index is 134. The van der Waals surface area contributed by atoms with E-state index in [1.54, 1.807) is 19.3 Å². The van der Waals surface area contributed by atoms with E-state index in [0.29, 0.717) is 6.61 Å². The summed E-state index contributed by atoms with van der Waals surface area (Å²) < 4.78 is 9.38. The first-order valence-corrected chi connectivity index (χ1v) is 3.29. The minimum absolute atomic E-state index is 0.281. The van der Waals surface area contributed by atoms with Crippen LogP contribution in [0.5, 0.6) is 0 Å². The summed E-state index contributed by atoms with van der Waals surface area (Å²) in [6.45, 7) is 0.820. The van der Waals surface area contributed by atoms with Crippen molar-refractivity contribution in [3.05, 3.63) is 12.2 Å². The smallest absolute Gasteiger partial charge is 0.407 e. The minimum Gasteiger partial charge on any atom is -0.445 e. The summed E-state index contributed by atoms with van der Waals surface area (Å²) in [4.78, 5) is 10.4. The largest absolute Gasteiger partial charge is 0.445 e. The number of carbonyl (C=O) groups is 1. The van der Waals surface area contributed by atoms with Gasteiger partial charge in [-0.1, -0.05) is 6.08 Å². The highest BCUT2D eigenvalue weighted by atomic mass is 16.5. The van der Waals surface area contributed by atoms with Gasteiger partial charge in [0.15, 0.2) is 0 Å². The standard InChI is InChI=1S/C7H13NO3/c1-8-7(9)11-6-4-3-5-10-2/h3-4H,5-6H2,1-2H3,(H,8,9)/b4-3+. The fourth-order valence-corrected chi connectivity index (χ4v) is 0.428. The Labute approximate surface area is 66.2 Å². The van der Waals surface area contributed by atoms with E-state index in [2.05, 4.69) is 10.1 Å². The molecule has 0 aliphatic heterocycles. The van der Waals surface area contributed by atoms with Crippen molar-refractivity contribution >= 4 is 6.09 Å². The van der Waals surface area contributed by atoms with Crippen LogP contribution in [0.1, 0.15) is 0 Å². The first-order valence-electron chi connectivity index (χ1n) is 3.29. The maximum Gasteiger partial charge on any atom is 0.407 e. The second kappa shape index (κ2) is 7.08. The van der Waals surface area contributed by atoms with E-state index in [0.717, 1.165) is 0 Å². The van der Waals surface area contributed by atoms with E-state index in [4.69, 9.17) is 4.74 Å². The minimum atomic E-state index is -0.424. The van der Waals surface area contributed by atoms with Gasteiger partial charge in [0.05, 0.1) is 6.61 Å². The van der Waals surface area contributed by atoms with Crippen molar-refractivity contribution in [1.29, 1.82) is 0 Å². The quantitative estimate of drug-likeness (QED) is 0.609. The van der Waals surface area contributed by atoms with Gasteiger partial charge < -0.3 is 14.8 Å². The number of ether oxygens (including phenoxy) is 2. The van der Waals surface area contributed by atoms with Crippen LogP contribution in [-0.4, -0.2) is 33.5 Å². The number of methoxy groups -OCH3 is 1. The molecule has 0 aromatic rings. The molecule has 1 N–H and O–H groups in total. The first kappa shape index (κ1) is 9.97. The summed E-state index contributed by atoms with van der Waals surface area (Å²) in [6, 6.07) is 0. The van der Waals surface area contributed by atoms with Gasteiger partial charge in [0.2, 0.25) is 0 Å². The zero-order chi connectivity index (χ0) is 8.53. The van der Waals surface area contributed by atoms with E-state index in [-0.39, 0.29) is 6.61 Å². The molecule has 0 spiro atoms. The van der Waals surface area contributed by atoms with Gasteiger partial charge >= 0.3 is 6.09 Å². The molecule has 64 valence electrons. The lowest BCUT2D eigenvalue weighted by atomic mass is 10.5. The molecule has 0 bridgehead atoms. The van der Waals surface area contributed by atoms with Crippen LogP contribution in [0.4, 0.5) is 4.79 Å². The van der Waals surface area contributed by atoms with Gasteiger partial charge in [-0.3, -0.25) is 0 Å². The lowest BCUT2D eigenvalue weighted by Crippen LogP contribution is -2.19. The van der Waals surface area contributed by atoms with E-state index < -0.39 is 6.09 Å². The normalized spacial score (nSPS) is 10.0. The van der Waals surface area contributed by atoms with E-state index in [9.17, 15) is 4.79 Å². The zero-order valence-corrected chi connectivity index (χ0v) is 6.79. The molecule has 0 unspecified atom stereocenters. The molecule has 4 heteroatoms. The van der Waals surface area contributed by atoms with Crippen molar-refractivity contribution in [2.75, 3.05) is 27.4 Å². The molecule has 1 amide bonds. The first-order chi connectivity index (χ1) is 5.31. The van der Waals surface area contributed by atoms with Crippen molar-refractivity contribution in [1.82, 2.24) is 5.32 Å². The van der Waals surface area contributed by atoms with E-state index in [1.165, 1.54) is 7.05 Å². The third-order valence-corrected chi connectivity index (χ3v) is 0.944. The van der Waals surface area contributed by atoms with Crippen molar-refractivity contribution in [2.45, 2.75) is 0 Å². The maximum atomic E-state index is 10.4. The van der Waals surface area contributed by atoms with Crippen molar-refractivity contribution in [2.24, 2.45) is 0 Å². The highest BCUT2D eigenvalue weighted by molar-refractivity contribution is 5.66. The molecule has 11 heavy (non-hydrogen) atoms. The van der Waals surface area contributed by atoms with Gasteiger partial charge in [-0.05, 0) is 6.08 Å². The monoisotopic (exact) mass is 159 g/mol. The van der Waals surface area contributed by atoms with Gasteiger partial charge in [0.25, 0.3) is 0 Å². The lowest BCUT2D eigenvalue weighted by molar-refractivity contribution is 0.160. The number of amides is 1. The number of hydrogen-bond donors (Lipinski definition) is 1. The van der Waals surface area contributed by atoms with Crippen molar-refractivity contribution < 1.29 is 14.3 Å². The molecule has 0 fully saturated rings. The van der Waals surface area contributed by atoms with E-state index in [1.807, 2.05) is 0 Å². The summed E-state index contributed by atoms with van der Waals surface area (Å²) >= 11 is 0. The number of rotatable bonds is 4. The number of alkyl carbamates (subject to hydrolysis) is 1. The molecule has 4 nitrogen and oxygen atoms in total.